The summed E-state index contributed by atoms with van der Waals surface area (Å²) in [4.78, 5) is 14.0. The van der Waals surface area contributed by atoms with E-state index in [1.807, 2.05) is 17.0 Å². The zero-order valence-corrected chi connectivity index (χ0v) is 12.7. The third kappa shape index (κ3) is 3.85. The lowest BCUT2D eigenvalue weighted by Gasteiger charge is -2.23. The van der Waals surface area contributed by atoms with Crippen molar-refractivity contribution >= 4 is 5.91 Å². The second-order valence-electron chi connectivity index (χ2n) is 5.84. The number of nitrogens with zero attached hydrogens (tertiary/aromatic N) is 1. The summed E-state index contributed by atoms with van der Waals surface area (Å²) in [5.41, 5.74) is 0.0940. The van der Waals surface area contributed by atoms with E-state index in [4.69, 9.17) is 4.74 Å². The normalized spacial score (nSPS) is 20.9. The quantitative estimate of drug-likeness (QED) is 0.846. The van der Waals surface area contributed by atoms with Gasteiger partial charge in [0.2, 0.25) is 5.91 Å². The molecule has 1 aromatic carbocycles. The number of ether oxygens (including phenoxy) is 1. The van der Waals surface area contributed by atoms with Crippen LogP contribution < -0.4 is 4.74 Å². The number of benzene rings is 1. The van der Waals surface area contributed by atoms with Gasteiger partial charge < -0.3 is 14.7 Å². The number of carbonyl (C=O) groups is 1. The third-order valence-electron chi connectivity index (χ3n) is 4.08. The molecule has 0 spiro atoms. The topological polar surface area (TPSA) is 49.8 Å². The molecule has 1 aliphatic heterocycles. The molecule has 21 heavy (non-hydrogen) atoms. The number of methoxy groups -OCH3 is 1. The maximum atomic E-state index is 12.2. The highest BCUT2D eigenvalue weighted by Crippen LogP contribution is 2.29. The van der Waals surface area contributed by atoms with Gasteiger partial charge in [-0.3, -0.25) is 4.79 Å². The number of hydrogen-bond acceptors (Lipinski definition) is 3. The zero-order chi connectivity index (χ0) is 15.5. The molecule has 0 bridgehead atoms. The van der Waals surface area contributed by atoms with Crippen molar-refractivity contribution in [1.82, 2.24) is 4.90 Å². The number of hydrogen-bond donors (Lipinski definition) is 1. The van der Waals surface area contributed by atoms with Crippen LogP contribution in [0, 0.1) is 0 Å². The minimum Gasteiger partial charge on any atom is -0.497 e. The highest BCUT2D eigenvalue weighted by molar-refractivity contribution is 5.78. The van der Waals surface area contributed by atoms with Crippen molar-refractivity contribution in [3.63, 3.8) is 0 Å². The Morgan fingerprint density at radius 2 is 2.19 bits per heavy atom. The molecule has 1 aliphatic rings. The van der Waals surface area contributed by atoms with Crippen molar-refractivity contribution in [3.8, 4) is 5.75 Å². The van der Waals surface area contributed by atoms with Crippen molar-refractivity contribution in [2.45, 2.75) is 31.3 Å². The van der Waals surface area contributed by atoms with Gasteiger partial charge in [0.25, 0.3) is 0 Å². The molecule has 4 nitrogen and oxygen atoms in total. The van der Waals surface area contributed by atoms with Crippen molar-refractivity contribution in [2.24, 2.45) is 0 Å². The van der Waals surface area contributed by atoms with Gasteiger partial charge in [0.05, 0.1) is 19.1 Å². The maximum Gasteiger partial charge on any atom is 0.225 e. The van der Waals surface area contributed by atoms with Gasteiger partial charge in [0.1, 0.15) is 5.75 Å². The van der Waals surface area contributed by atoms with Gasteiger partial charge in [0.15, 0.2) is 0 Å². The van der Waals surface area contributed by atoms with Crippen LogP contribution in [0.5, 0.6) is 5.75 Å². The molecule has 0 aliphatic carbocycles. The van der Waals surface area contributed by atoms with Crippen LogP contribution in [0.4, 0.5) is 0 Å². The Hall–Kier alpha value is -1.81. The summed E-state index contributed by atoms with van der Waals surface area (Å²) >= 11 is 0. The molecule has 1 saturated heterocycles. The molecule has 2 atom stereocenters. The Kier molecular flexibility index (Phi) is 4.68. The van der Waals surface area contributed by atoms with Crippen LogP contribution in [0.3, 0.4) is 0 Å². The van der Waals surface area contributed by atoms with E-state index in [-0.39, 0.29) is 12.3 Å². The molecule has 0 saturated carbocycles. The fourth-order valence-corrected chi connectivity index (χ4v) is 2.63. The number of likely N-dealkylation sites (tertiary alicyclic amines) is 1. The summed E-state index contributed by atoms with van der Waals surface area (Å²) in [5, 5.41) is 9.92. The van der Waals surface area contributed by atoms with Crippen molar-refractivity contribution < 1.29 is 14.6 Å². The lowest BCUT2D eigenvalue weighted by molar-refractivity contribution is -0.133. The average Bonchev–Trinajstić information content (AvgIpc) is 2.97. The molecule has 1 heterocycles. The predicted octanol–water partition coefficient (Wildman–Crippen LogP) is 2.34. The fourth-order valence-electron chi connectivity index (χ4n) is 2.63. The maximum absolute atomic E-state index is 12.2. The number of amides is 1. The zero-order valence-electron chi connectivity index (χ0n) is 12.7. The molecular weight excluding hydrogens is 266 g/mol. The second kappa shape index (κ2) is 6.31. The number of aliphatic hydroxyl groups is 1. The Morgan fingerprint density at radius 3 is 2.76 bits per heavy atom. The molecule has 1 aromatic rings. The molecule has 1 amide bonds. The second-order valence-corrected chi connectivity index (χ2v) is 5.84. The van der Waals surface area contributed by atoms with Gasteiger partial charge >= 0.3 is 0 Å². The van der Waals surface area contributed by atoms with E-state index < -0.39 is 5.60 Å². The number of carbonyl (C=O) groups excluding carboxylic acids is 1. The van der Waals surface area contributed by atoms with Crippen molar-refractivity contribution in [1.29, 1.82) is 0 Å². The van der Waals surface area contributed by atoms with Gasteiger partial charge in [0, 0.05) is 19.0 Å². The first kappa shape index (κ1) is 15.6. The van der Waals surface area contributed by atoms with Crippen LogP contribution in [-0.2, 0) is 4.79 Å². The summed E-state index contributed by atoms with van der Waals surface area (Å²) in [6.07, 6.45) is 2.46. The third-order valence-corrected chi connectivity index (χ3v) is 4.08. The molecular formula is C17H23NO3. The summed E-state index contributed by atoms with van der Waals surface area (Å²) in [7, 11) is 1.65. The highest BCUT2D eigenvalue weighted by Gasteiger charge is 2.30. The SMILES string of the molecule is C=C[C@](C)(O)CC(=O)N1CC[C@H](c2ccc(OC)cc2)C1. The smallest absolute Gasteiger partial charge is 0.225 e. The van der Waals surface area contributed by atoms with E-state index in [0.717, 1.165) is 18.7 Å². The minimum absolute atomic E-state index is 0.0177. The van der Waals surface area contributed by atoms with Crippen molar-refractivity contribution in [2.75, 3.05) is 20.2 Å². The van der Waals surface area contributed by atoms with E-state index in [1.54, 1.807) is 14.0 Å². The Labute approximate surface area is 126 Å². The van der Waals surface area contributed by atoms with E-state index in [2.05, 4.69) is 18.7 Å². The van der Waals surface area contributed by atoms with Gasteiger partial charge in [-0.25, -0.2) is 0 Å². The van der Waals surface area contributed by atoms with Gasteiger partial charge in [-0.15, -0.1) is 6.58 Å². The van der Waals surface area contributed by atoms with E-state index >= 15 is 0 Å². The van der Waals surface area contributed by atoms with Gasteiger partial charge in [-0.05, 0) is 31.0 Å². The summed E-state index contributed by atoms with van der Waals surface area (Å²) in [6.45, 7) is 6.61. The molecule has 0 unspecified atom stereocenters. The Bertz CT molecular complexity index is 507. The molecule has 1 fully saturated rings. The molecule has 0 aromatic heterocycles. The van der Waals surface area contributed by atoms with Gasteiger partial charge in [-0.1, -0.05) is 18.2 Å². The first-order chi connectivity index (χ1) is 9.95. The molecule has 114 valence electrons. The van der Waals surface area contributed by atoms with E-state index in [1.165, 1.54) is 11.6 Å². The molecule has 1 N–H and O–H groups in total. The summed E-state index contributed by atoms with van der Waals surface area (Å²) < 4.78 is 5.16. The molecule has 2 rings (SSSR count). The standard InChI is InChI=1S/C17H23NO3/c1-4-17(2,20)11-16(19)18-10-9-14(12-18)13-5-7-15(21-3)8-6-13/h4-8,14,20H,1,9-12H2,2-3H3/t14-,17-/m0/s1. The van der Waals surface area contributed by atoms with Crippen LogP contribution in [0.25, 0.3) is 0 Å². The number of rotatable bonds is 5. The molecule has 0 radical (unpaired) electrons. The van der Waals surface area contributed by atoms with Crippen LogP contribution in [0.1, 0.15) is 31.2 Å². The van der Waals surface area contributed by atoms with E-state index in [9.17, 15) is 9.90 Å². The minimum atomic E-state index is -1.13. The highest BCUT2D eigenvalue weighted by atomic mass is 16.5. The lowest BCUT2D eigenvalue weighted by atomic mass is 9.98. The first-order valence-corrected chi connectivity index (χ1v) is 7.23. The first-order valence-electron chi connectivity index (χ1n) is 7.23. The van der Waals surface area contributed by atoms with Crippen LogP contribution in [0.15, 0.2) is 36.9 Å². The van der Waals surface area contributed by atoms with Crippen molar-refractivity contribution in [3.05, 3.63) is 42.5 Å². The fraction of sp³-hybridized carbons (Fsp3) is 0.471. The average molecular weight is 289 g/mol. The molecule has 4 heteroatoms. The van der Waals surface area contributed by atoms with Crippen LogP contribution in [0.2, 0.25) is 0 Å². The van der Waals surface area contributed by atoms with E-state index in [0.29, 0.717) is 12.5 Å². The monoisotopic (exact) mass is 289 g/mol. The predicted molar refractivity (Wildman–Crippen MR) is 82.4 cm³/mol. The largest absolute Gasteiger partial charge is 0.497 e. The lowest BCUT2D eigenvalue weighted by Crippen LogP contribution is -2.35. The Morgan fingerprint density at radius 1 is 1.52 bits per heavy atom. The summed E-state index contributed by atoms with van der Waals surface area (Å²) in [5.74, 6) is 1.18. The van der Waals surface area contributed by atoms with Crippen LogP contribution >= 0.6 is 0 Å². The summed E-state index contributed by atoms with van der Waals surface area (Å²) in [6, 6.07) is 8.00. The van der Waals surface area contributed by atoms with Gasteiger partial charge in [-0.2, -0.15) is 0 Å². The van der Waals surface area contributed by atoms with Crippen LogP contribution in [-0.4, -0.2) is 41.7 Å². The Balaban J connectivity index is 1.96.